The van der Waals surface area contributed by atoms with E-state index in [9.17, 15) is 0 Å². The first-order chi connectivity index (χ1) is 7.42. The van der Waals surface area contributed by atoms with E-state index in [1.54, 1.807) is 0 Å². The van der Waals surface area contributed by atoms with Crippen LogP contribution >= 0.6 is 0 Å². The fourth-order valence-electron chi connectivity index (χ4n) is 3.06. The van der Waals surface area contributed by atoms with Crippen molar-refractivity contribution in [3.8, 4) is 0 Å². The van der Waals surface area contributed by atoms with Gasteiger partial charge >= 0.3 is 0 Å². The minimum atomic E-state index is 0.388. The zero-order valence-electron chi connectivity index (χ0n) is 11.2. The Hall–Kier alpha value is -0.530. The molecule has 2 rings (SSSR count). The second kappa shape index (κ2) is 4.05. The van der Waals surface area contributed by atoms with Gasteiger partial charge in [0.15, 0.2) is 0 Å². The number of hydrogen-bond donors (Lipinski definition) is 1. The molecule has 0 aromatic heterocycles. The van der Waals surface area contributed by atoms with Gasteiger partial charge in [0.1, 0.15) is 0 Å². The monoisotopic (exact) mass is 222 g/mol. The standard InChI is InChI=1S/C14H26N2/c1-13(2,3)14(4)8-6-5-7-11-12(9-14)16-10-15-11/h10-12H,5-9H2,1-4H3,(H,15,16). The maximum absolute atomic E-state index is 4.57. The summed E-state index contributed by atoms with van der Waals surface area (Å²) in [6, 6.07) is 1.13. The average Bonchev–Trinajstić information content (AvgIpc) is 2.54. The van der Waals surface area contributed by atoms with E-state index in [2.05, 4.69) is 38.0 Å². The van der Waals surface area contributed by atoms with Crippen molar-refractivity contribution in [3.63, 3.8) is 0 Å². The Balaban J connectivity index is 2.15. The van der Waals surface area contributed by atoms with Crippen LogP contribution in [-0.2, 0) is 0 Å². The molecule has 2 aliphatic rings. The molecule has 92 valence electrons. The van der Waals surface area contributed by atoms with Crippen molar-refractivity contribution in [2.45, 2.75) is 71.9 Å². The molecule has 0 aromatic carbocycles. The zero-order chi connectivity index (χ0) is 11.8. The molecule has 0 spiro atoms. The van der Waals surface area contributed by atoms with E-state index in [0.717, 1.165) is 0 Å². The van der Waals surface area contributed by atoms with Gasteiger partial charge in [0.25, 0.3) is 0 Å². The topological polar surface area (TPSA) is 24.4 Å². The lowest BCUT2D eigenvalue weighted by Gasteiger charge is -2.45. The molecule has 3 atom stereocenters. The van der Waals surface area contributed by atoms with Gasteiger partial charge in [-0.2, -0.15) is 0 Å². The van der Waals surface area contributed by atoms with Crippen LogP contribution in [0.2, 0.25) is 0 Å². The van der Waals surface area contributed by atoms with E-state index in [-0.39, 0.29) is 0 Å². The van der Waals surface area contributed by atoms with Crippen LogP contribution in [0.1, 0.15) is 59.8 Å². The molecule has 0 saturated heterocycles. The number of nitrogens with one attached hydrogen (secondary N) is 1. The van der Waals surface area contributed by atoms with E-state index >= 15 is 0 Å². The number of aliphatic imine (C=N–C) groups is 1. The summed E-state index contributed by atoms with van der Waals surface area (Å²) in [5.74, 6) is 0. The van der Waals surface area contributed by atoms with Gasteiger partial charge in [0.2, 0.25) is 0 Å². The lowest BCUT2D eigenvalue weighted by atomic mass is 9.61. The highest BCUT2D eigenvalue weighted by Gasteiger charge is 2.42. The van der Waals surface area contributed by atoms with Crippen molar-refractivity contribution in [2.24, 2.45) is 15.8 Å². The highest BCUT2D eigenvalue weighted by atomic mass is 15.1. The molecule has 0 amide bonds. The lowest BCUT2D eigenvalue weighted by Crippen LogP contribution is -2.43. The highest BCUT2D eigenvalue weighted by molar-refractivity contribution is 5.58. The largest absolute Gasteiger partial charge is 0.372 e. The summed E-state index contributed by atoms with van der Waals surface area (Å²) in [6.07, 6.45) is 8.54. The van der Waals surface area contributed by atoms with Crippen LogP contribution in [-0.4, -0.2) is 18.4 Å². The van der Waals surface area contributed by atoms with Gasteiger partial charge in [-0.25, -0.2) is 0 Å². The van der Waals surface area contributed by atoms with Gasteiger partial charge < -0.3 is 5.32 Å². The number of hydrogen-bond acceptors (Lipinski definition) is 2. The summed E-state index contributed by atoms with van der Waals surface area (Å²) in [5.41, 5.74) is 0.830. The Morgan fingerprint density at radius 1 is 1.31 bits per heavy atom. The molecular weight excluding hydrogens is 196 g/mol. The molecule has 0 aromatic rings. The van der Waals surface area contributed by atoms with Crippen LogP contribution < -0.4 is 5.32 Å². The maximum Gasteiger partial charge on any atom is 0.0831 e. The van der Waals surface area contributed by atoms with Crippen molar-refractivity contribution in [2.75, 3.05) is 0 Å². The molecule has 3 unspecified atom stereocenters. The van der Waals surface area contributed by atoms with Crippen molar-refractivity contribution in [1.82, 2.24) is 5.32 Å². The predicted octanol–water partition coefficient (Wildman–Crippen LogP) is 3.37. The Labute approximate surface area is 99.9 Å². The number of fused-ring (bicyclic) bond motifs is 1. The summed E-state index contributed by atoms with van der Waals surface area (Å²) in [6.45, 7) is 9.63. The molecule has 1 fully saturated rings. The first kappa shape index (κ1) is 11.9. The molecule has 2 heteroatoms. The minimum absolute atomic E-state index is 0.388. The van der Waals surface area contributed by atoms with E-state index in [1.807, 2.05) is 6.34 Å². The number of rotatable bonds is 0. The molecule has 1 aliphatic heterocycles. The van der Waals surface area contributed by atoms with Crippen molar-refractivity contribution in [1.29, 1.82) is 0 Å². The second-order valence-electron chi connectivity index (χ2n) is 6.88. The molecule has 1 N–H and O–H groups in total. The van der Waals surface area contributed by atoms with Gasteiger partial charge in [-0.1, -0.05) is 40.5 Å². The Morgan fingerprint density at radius 2 is 2.06 bits per heavy atom. The quantitative estimate of drug-likeness (QED) is 0.667. The van der Waals surface area contributed by atoms with Crippen LogP contribution in [0.15, 0.2) is 4.99 Å². The first-order valence-electron chi connectivity index (χ1n) is 6.70. The fourth-order valence-corrected chi connectivity index (χ4v) is 3.06. The van der Waals surface area contributed by atoms with E-state index in [0.29, 0.717) is 22.9 Å². The molecule has 1 aliphatic carbocycles. The third-order valence-corrected chi connectivity index (χ3v) is 4.98. The van der Waals surface area contributed by atoms with Crippen LogP contribution in [0.4, 0.5) is 0 Å². The SMILES string of the molecule is CC(C)(C)C1(C)CCCCC2N=CNC2C1. The van der Waals surface area contributed by atoms with Crippen molar-refractivity contribution in [3.05, 3.63) is 0 Å². The average molecular weight is 222 g/mol. The number of nitrogens with zero attached hydrogens (tertiary/aromatic N) is 1. The molecule has 0 radical (unpaired) electrons. The van der Waals surface area contributed by atoms with Gasteiger partial charge in [-0.15, -0.1) is 0 Å². The van der Waals surface area contributed by atoms with Gasteiger partial charge in [0.05, 0.1) is 12.4 Å². The molecule has 2 nitrogen and oxygen atoms in total. The van der Waals surface area contributed by atoms with Crippen LogP contribution in [0, 0.1) is 10.8 Å². The van der Waals surface area contributed by atoms with Crippen LogP contribution in [0.3, 0.4) is 0 Å². The highest BCUT2D eigenvalue weighted by Crippen LogP contribution is 2.48. The molecule has 1 saturated carbocycles. The third-order valence-electron chi connectivity index (χ3n) is 4.98. The fraction of sp³-hybridized carbons (Fsp3) is 0.929. The molecule has 16 heavy (non-hydrogen) atoms. The second-order valence-corrected chi connectivity index (χ2v) is 6.88. The molecule has 0 bridgehead atoms. The normalized spacial score (nSPS) is 39.8. The summed E-state index contributed by atoms with van der Waals surface area (Å²) >= 11 is 0. The predicted molar refractivity (Wildman–Crippen MR) is 69.9 cm³/mol. The molecule has 1 heterocycles. The van der Waals surface area contributed by atoms with E-state index in [4.69, 9.17) is 0 Å². The van der Waals surface area contributed by atoms with Crippen molar-refractivity contribution < 1.29 is 0 Å². The Bertz CT molecular complexity index is 277. The Kier molecular flexibility index (Phi) is 3.02. The van der Waals surface area contributed by atoms with E-state index in [1.165, 1.54) is 32.1 Å². The molecular formula is C14H26N2. The van der Waals surface area contributed by atoms with Crippen LogP contribution in [0.25, 0.3) is 0 Å². The lowest BCUT2D eigenvalue weighted by molar-refractivity contribution is 0.0611. The third kappa shape index (κ3) is 2.11. The van der Waals surface area contributed by atoms with Crippen molar-refractivity contribution >= 4 is 6.34 Å². The van der Waals surface area contributed by atoms with Gasteiger partial charge in [-0.05, 0) is 30.1 Å². The summed E-state index contributed by atoms with van der Waals surface area (Å²) in [4.78, 5) is 4.57. The minimum Gasteiger partial charge on any atom is -0.372 e. The Morgan fingerprint density at radius 3 is 2.75 bits per heavy atom. The van der Waals surface area contributed by atoms with Crippen LogP contribution in [0.5, 0.6) is 0 Å². The van der Waals surface area contributed by atoms with E-state index < -0.39 is 0 Å². The summed E-state index contributed by atoms with van der Waals surface area (Å²) < 4.78 is 0. The van der Waals surface area contributed by atoms with Gasteiger partial charge in [-0.3, -0.25) is 4.99 Å². The zero-order valence-corrected chi connectivity index (χ0v) is 11.2. The summed E-state index contributed by atoms with van der Waals surface area (Å²) in [5, 5.41) is 3.46. The van der Waals surface area contributed by atoms with Gasteiger partial charge in [0, 0.05) is 6.04 Å². The summed E-state index contributed by atoms with van der Waals surface area (Å²) in [7, 11) is 0. The smallest absolute Gasteiger partial charge is 0.0831 e. The first-order valence-corrected chi connectivity index (χ1v) is 6.70. The maximum atomic E-state index is 4.57.